The molecule has 0 aliphatic rings. The third kappa shape index (κ3) is 10.3. The zero-order chi connectivity index (χ0) is 11.6. The van der Waals surface area contributed by atoms with Crippen LogP contribution in [0.5, 0.6) is 0 Å². The second-order valence-corrected chi connectivity index (χ2v) is 5.74. The van der Waals surface area contributed by atoms with Crippen molar-refractivity contribution in [2.75, 3.05) is 0 Å². The smallest absolute Gasteiger partial charge is 0.0357 e. The molecule has 0 spiro atoms. The first kappa shape index (κ1) is 15.0. The average molecular weight is 212 g/mol. The van der Waals surface area contributed by atoms with Crippen LogP contribution in [0, 0.1) is 5.41 Å². The van der Waals surface area contributed by atoms with Crippen molar-refractivity contribution in [1.82, 2.24) is 0 Å². The fourth-order valence-corrected chi connectivity index (χ4v) is 1.91. The molecule has 0 radical (unpaired) electrons. The predicted molar refractivity (Wildman–Crippen MR) is 71.3 cm³/mol. The molecule has 0 aromatic rings. The summed E-state index contributed by atoms with van der Waals surface area (Å²) in [5.41, 5.74) is 0.586. The zero-order valence-corrected chi connectivity index (χ0v) is 11.6. The van der Waals surface area contributed by atoms with Gasteiger partial charge < -0.3 is 0 Å². The van der Waals surface area contributed by atoms with E-state index < -0.39 is 0 Å². The molecule has 0 saturated heterocycles. The standard InChI is InChI=1S/C15H32/c1-5-7-8-9-10-11-12-13-14-15(3,4)6-2/h5-14H2,1-4H3. The second kappa shape index (κ2) is 9.24. The molecule has 0 heterocycles. The van der Waals surface area contributed by atoms with Crippen LogP contribution in [0.1, 0.15) is 91.9 Å². The van der Waals surface area contributed by atoms with E-state index in [1.807, 2.05) is 0 Å². The fraction of sp³-hybridized carbons (Fsp3) is 1.00. The zero-order valence-electron chi connectivity index (χ0n) is 11.6. The lowest BCUT2D eigenvalue weighted by Crippen LogP contribution is -2.08. The van der Waals surface area contributed by atoms with Crippen LogP contribution in [0.15, 0.2) is 0 Å². The molecule has 0 heteroatoms. The lowest BCUT2D eigenvalue weighted by Gasteiger charge is -2.22. The first-order valence-corrected chi connectivity index (χ1v) is 7.12. The van der Waals surface area contributed by atoms with Crippen molar-refractivity contribution in [3.05, 3.63) is 0 Å². The predicted octanol–water partition coefficient (Wildman–Crippen LogP) is 5.95. The Labute approximate surface area is 97.8 Å². The highest BCUT2D eigenvalue weighted by Gasteiger charge is 2.13. The Kier molecular flexibility index (Phi) is 9.24. The van der Waals surface area contributed by atoms with E-state index in [0.717, 1.165) is 0 Å². The van der Waals surface area contributed by atoms with Gasteiger partial charge in [0.15, 0.2) is 0 Å². The van der Waals surface area contributed by atoms with E-state index in [2.05, 4.69) is 27.7 Å². The topological polar surface area (TPSA) is 0 Å². The molecule has 15 heavy (non-hydrogen) atoms. The Morgan fingerprint density at radius 2 is 1.13 bits per heavy atom. The number of hydrogen-bond acceptors (Lipinski definition) is 0. The van der Waals surface area contributed by atoms with Gasteiger partial charge in [-0.05, 0) is 11.8 Å². The summed E-state index contributed by atoms with van der Waals surface area (Å²) in [6, 6.07) is 0. The van der Waals surface area contributed by atoms with Crippen LogP contribution in [-0.4, -0.2) is 0 Å². The van der Waals surface area contributed by atoms with Gasteiger partial charge in [0.05, 0.1) is 0 Å². The van der Waals surface area contributed by atoms with Crippen LogP contribution in [0.3, 0.4) is 0 Å². The van der Waals surface area contributed by atoms with Crippen LogP contribution >= 0.6 is 0 Å². The van der Waals surface area contributed by atoms with Crippen molar-refractivity contribution >= 4 is 0 Å². The highest BCUT2D eigenvalue weighted by atomic mass is 14.2. The van der Waals surface area contributed by atoms with Gasteiger partial charge in [0.2, 0.25) is 0 Å². The molecule has 0 aliphatic carbocycles. The van der Waals surface area contributed by atoms with E-state index >= 15 is 0 Å². The molecule has 0 atom stereocenters. The van der Waals surface area contributed by atoms with Gasteiger partial charge >= 0.3 is 0 Å². The third-order valence-electron chi connectivity index (χ3n) is 3.66. The van der Waals surface area contributed by atoms with E-state index in [9.17, 15) is 0 Å². The lowest BCUT2D eigenvalue weighted by molar-refractivity contribution is 0.307. The van der Waals surface area contributed by atoms with E-state index in [4.69, 9.17) is 0 Å². The molecule has 0 N–H and O–H groups in total. The summed E-state index contributed by atoms with van der Waals surface area (Å²) in [7, 11) is 0. The van der Waals surface area contributed by atoms with Crippen molar-refractivity contribution in [3.63, 3.8) is 0 Å². The van der Waals surface area contributed by atoms with Crippen LogP contribution in [0.2, 0.25) is 0 Å². The molecular weight excluding hydrogens is 180 g/mol. The quantitative estimate of drug-likeness (QED) is 0.392. The maximum Gasteiger partial charge on any atom is -0.0357 e. The molecular formula is C15H32. The maximum absolute atomic E-state index is 2.40. The van der Waals surface area contributed by atoms with E-state index in [1.54, 1.807) is 0 Å². The molecule has 0 aliphatic heterocycles. The summed E-state index contributed by atoms with van der Waals surface area (Å²) in [6.45, 7) is 9.39. The minimum absolute atomic E-state index is 0.586. The van der Waals surface area contributed by atoms with Gasteiger partial charge in [-0.25, -0.2) is 0 Å². The van der Waals surface area contributed by atoms with E-state index in [1.165, 1.54) is 64.2 Å². The van der Waals surface area contributed by atoms with Gasteiger partial charge in [0.25, 0.3) is 0 Å². The summed E-state index contributed by atoms with van der Waals surface area (Å²) in [5.74, 6) is 0. The number of rotatable bonds is 10. The Hall–Kier alpha value is 0. The largest absolute Gasteiger partial charge is 0.0654 e. The van der Waals surface area contributed by atoms with Crippen LogP contribution in [0.4, 0.5) is 0 Å². The normalized spacial score (nSPS) is 12.0. The summed E-state index contributed by atoms with van der Waals surface area (Å²) in [6.07, 6.45) is 14.3. The van der Waals surface area contributed by atoms with Gasteiger partial charge in [0, 0.05) is 0 Å². The summed E-state index contributed by atoms with van der Waals surface area (Å²) in [4.78, 5) is 0. The number of unbranched alkanes of at least 4 members (excludes halogenated alkanes) is 7. The van der Waals surface area contributed by atoms with Gasteiger partial charge in [-0.1, -0.05) is 85.5 Å². The Morgan fingerprint density at radius 3 is 1.60 bits per heavy atom. The highest BCUT2D eigenvalue weighted by Crippen LogP contribution is 2.27. The molecule has 0 aromatic carbocycles. The first-order chi connectivity index (χ1) is 7.12. The van der Waals surface area contributed by atoms with Crippen molar-refractivity contribution in [2.45, 2.75) is 91.9 Å². The third-order valence-corrected chi connectivity index (χ3v) is 3.66. The summed E-state index contributed by atoms with van der Waals surface area (Å²) < 4.78 is 0. The second-order valence-electron chi connectivity index (χ2n) is 5.74. The van der Waals surface area contributed by atoms with Gasteiger partial charge in [-0.15, -0.1) is 0 Å². The Morgan fingerprint density at radius 1 is 0.667 bits per heavy atom. The van der Waals surface area contributed by atoms with Gasteiger partial charge in [-0.2, -0.15) is 0 Å². The van der Waals surface area contributed by atoms with Crippen LogP contribution < -0.4 is 0 Å². The molecule has 0 rings (SSSR count). The highest BCUT2D eigenvalue weighted by molar-refractivity contribution is 4.65. The fourth-order valence-electron chi connectivity index (χ4n) is 1.91. The average Bonchev–Trinajstić information content (AvgIpc) is 2.22. The summed E-state index contributed by atoms with van der Waals surface area (Å²) in [5, 5.41) is 0. The van der Waals surface area contributed by atoms with E-state index in [-0.39, 0.29) is 0 Å². The SMILES string of the molecule is CCCCCCCCCCC(C)(C)CC. The van der Waals surface area contributed by atoms with Crippen molar-refractivity contribution in [2.24, 2.45) is 5.41 Å². The summed E-state index contributed by atoms with van der Waals surface area (Å²) >= 11 is 0. The Bertz CT molecular complexity index is 124. The molecule has 0 unspecified atom stereocenters. The molecule has 0 amide bonds. The monoisotopic (exact) mass is 212 g/mol. The molecule has 0 saturated carbocycles. The number of hydrogen-bond donors (Lipinski definition) is 0. The lowest BCUT2D eigenvalue weighted by atomic mass is 9.84. The molecule has 0 fully saturated rings. The maximum atomic E-state index is 2.40. The van der Waals surface area contributed by atoms with Crippen LogP contribution in [-0.2, 0) is 0 Å². The molecule has 0 aromatic heterocycles. The van der Waals surface area contributed by atoms with Crippen LogP contribution in [0.25, 0.3) is 0 Å². The first-order valence-electron chi connectivity index (χ1n) is 7.12. The van der Waals surface area contributed by atoms with Gasteiger partial charge in [0.1, 0.15) is 0 Å². The molecule has 0 bridgehead atoms. The minimum atomic E-state index is 0.586. The molecule has 0 nitrogen and oxygen atoms in total. The van der Waals surface area contributed by atoms with Crippen molar-refractivity contribution in [1.29, 1.82) is 0 Å². The van der Waals surface area contributed by atoms with Crippen molar-refractivity contribution in [3.8, 4) is 0 Å². The van der Waals surface area contributed by atoms with Crippen molar-refractivity contribution < 1.29 is 0 Å². The molecule has 92 valence electrons. The Balaban J connectivity index is 3.11. The van der Waals surface area contributed by atoms with E-state index in [0.29, 0.717) is 5.41 Å². The minimum Gasteiger partial charge on any atom is -0.0654 e. The van der Waals surface area contributed by atoms with Gasteiger partial charge in [-0.3, -0.25) is 0 Å².